The quantitative estimate of drug-likeness (QED) is 0.744. The molecule has 4 nitrogen and oxygen atoms in total. The molecule has 0 aromatic heterocycles. The molecule has 1 aliphatic heterocycles. The Hall–Kier alpha value is -1.06. The lowest BCUT2D eigenvalue weighted by Gasteiger charge is -2.35. The monoisotopic (exact) mass is 279 g/mol. The zero-order valence-electron chi connectivity index (χ0n) is 12.3. The van der Waals surface area contributed by atoms with Crippen LogP contribution in [0, 0.1) is 23.7 Å². The summed E-state index contributed by atoms with van der Waals surface area (Å²) in [5, 5.41) is 0. The zero-order chi connectivity index (χ0) is 14.1. The van der Waals surface area contributed by atoms with Crippen LogP contribution in [0.15, 0.2) is 0 Å². The van der Waals surface area contributed by atoms with E-state index in [1.165, 1.54) is 19.3 Å². The number of piperidine rings is 1. The lowest BCUT2D eigenvalue weighted by molar-refractivity contribution is -0.152. The molecule has 112 valence electrons. The van der Waals surface area contributed by atoms with Crippen LogP contribution in [-0.2, 0) is 14.3 Å². The SMILES string of the molecule is CCOC(=O)[C@H]1CCCN(C(=O)[C@H]2C[C@@H]3CC[C@@H]2C3)C1. The van der Waals surface area contributed by atoms with Gasteiger partial charge in [-0.1, -0.05) is 6.42 Å². The Balaban J connectivity index is 1.59. The van der Waals surface area contributed by atoms with Crippen LogP contribution in [0.25, 0.3) is 0 Å². The fourth-order valence-electron chi connectivity index (χ4n) is 4.41. The van der Waals surface area contributed by atoms with Crippen LogP contribution in [-0.4, -0.2) is 36.5 Å². The maximum atomic E-state index is 12.7. The molecule has 2 bridgehead atoms. The fraction of sp³-hybridized carbons (Fsp3) is 0.875. The molecule has 4 atom stereocenters. The topological polar surface area (TPSA) is 46.6 Å². The number of rotatable bonds is 3. The average molecular weight is 279 g/mol. The maximum Gasteiger partial charge on any atom is 0.310 e. The minimum Gasteiger partial charge on any atom is -0.466 e. The molecule has 0 aromatic carbocycles. The second kappa shape index (κ2) is 5.74. The van der Waals surface area contributed by atoms with Crippen molar-refractivity contribution in [3.05, 3.63) is 0 Å². The molecule has 0 aromatic rings. The van der Waals surface area contributed by atoms with Crippen molar-refractivity contribution < 1.29 is 14.3 Å². The van der Waals surface area contributed by atoms with E-state index in [1.54, 1.807) is 0 Å². The van der Waals surface area contributed by atoms with Crippen molar-refractivity contribution >= 4 is 11.9 Å². The number of esters is 1. The molecule has 1 heterocycles. The smallest absolute Gasteiger partial charge is 0.310 e. The van der Waals surface area contributed by atoms with E-state index in [0.717, 1.165) is 31.7 Å². The van der Waals surface area contributed by atoms with E-state index in [9.17, 15) is 9.59 Å². The highest BCUT2D eigenvalue weighted by molar-refractivity contribution is 5.81. The first-order chi connectivity index (χ1) is 9.69. The Morgan fingerprint density at radius 3 is 2.70 bits per heavy atom. The Morgan fingerprint density at radius 1 is 1.20 bits per heavy atom. The van der Waals surface area contributed by atoms with Crippen LogP contribution in [0.4, 0.5) is 0 Å². The van der Waals surface area contributed by atoms with Gasteiger partial charge in [-0.15, -0.1) is 0 Å². The Bertz CT molecular complexity index is 395. The number of ether oxygens (including phenoxy) is 1. The van der Waals surface area contributed by atoms with Crippen molar-refractivity contribution in [1.82, 2.24) is 4.90 Å². The molecule has 20 heavy (non-hydrogen) atoms. The van der Waals surface area contributed by atoms with Gasteiger partial charge < -0.3 is 9.64 Å². The van der Waals surface area contributed by atoms with Crippen molar-refractivity contribution in [2.24, 2.45) is 23.7 Å². The van der Waals surface area contributed by atoms with Gasteiger partial charge in [0.1, 0.15) is 0 Å². The van der Waals surface area contributed by atoms with Gasteiger partial charge in [0.15, 0.2) is 0 Å². The van der Waals surface area contributed by atoms with Gasteiger partial charge in [-0.25, -0.2) is 0 Å². The summed E-state index contributed by atoms with van der Waals surface area (Å²) in [6.45, 7) is 3.66. The minimum atomic E-state index is -0.127. The van der Waals surface area contributed by atoms with Crippen LogP contribution >= 0.6 is 0 Å². The summed E-state index contributed by atoms with van der Waals surface area (Å²) >= 11 is 0. The van der Waals surface area contributed by atoms with Gasteiger partial charge >= 0.3 is 5.97 Å². The minimum absolute atomic E-state index is 0.105. The van der Waals surface area contributed by atoms with E-state index in [1.807, 2.05) is 11.8 Å². The normalized spacial score (nSPS) is 36.1. The second-order valence-corrected chi connectivity index (χ2v) is 6.66. The molecule has 1 saturated heterocycles. The number of carbonyl (C=O) groups is 2. The Kier molecular flexibility index (Phi) is 3.99. The molecule has 1 amide bonds. The highest BCUT2D eigenvalue weighted by Gasteiger charge is 2.45. The van der Waals surface area contributed by atoms with Crippen LogP contribution in [0.3, 0.4) is 0 Å². The fourth-order valence-corrected chi connectivity index (χ4v) is 4.41. The lowest BCUT2D eigenvalue weighted by Crippen LogP contribution is -2.46. The van der Waals surface area contributed by atoms with Crippen molar-refractivity contribution in [1.29, 1.82) is 0 Å². The van der Waals surface area contributed by atoms with E-state index in [4.69, 9.17) is 4.74 Å². The number of nitrogens with zero attached hydrogens (tertiary/aromatic N) is 1. The highest BCUT2D eigenvalue weighted by Crippen LogP contribution is 2.49. The molecule has 2 saturated carbocycles. The van der Waals surface area contributed by atoms with Gasteiger partial charge in [0, 0.05) is 19.0 Å². The number of hydrogen-bond acceptors (Lipinski definition) is 3. The summed E-state index contributed by atoms with van der Waals surface area (Å²) in [4.78, 5) is 26.5. The number of carbonyl (C=O) groups excluding carboxylic acids is 2. The molecule has 0 spiro atoms. The van der Waals surface area contributed by atoms with Crippen LogP contribution in [0.5, 0.6) is 0 Å². The largest absolute Gasteiger partial charge is 0.466 e. The first kappa shape index (κ1) is 13.9. The summed E-state index contributed by atoms with van der Waals surface area (Å²) < 4.78 is 5.11. The third-order valence-corrected chi connectivity index (χ3v) is 5.41. The number of likely N-dealkylation sites (tertiary alicyclic amines) is 1. The first-order valence-corrected chi connectivity index (χ1v) is 8.14. The molecular weight excluding hydrogens is 254 g/mol. The van der Waals surface area contributed by atoms with Gasteiger partial charge in [-0.2, -0.15) is 0 Å². The number of amides is 1. The standard InChI is InChI=1S/C16H25NO3/c1-2-20-16(19)13-4-3-7-17(10-13)15(18)14-9-11-5-6-12(14)8-11/h11-14H,2-10H2,1H3/t11-,12-,13+,14+/m1/s1. The third kappa shape index (κ3) is 2.57. The van der Waals surface area contributed by atoms with E-state index in [-0.39, 0.29) is 17.8 Å². The molecule has 2 aliphatic carbocycles. The Morgan fingerprint density at radius 2 is 2.05 bits per heavy atom. The summed E-state index contributed by atoms with van der Waals surface area (Å²) in [6, 6.07) is 0. The van der Waals surface area contributed by atoms with Gasteiger partial charge in [-0.05, 0) is 50.9 Å². The molecule has 3 aliphatic rings. The van der Waals surface area contributed by atoms with Crippen LogP contribution in [0.2, 0.25) is 0 Å². The van der Waals surface area contributed by atoms with Crippen molar-refractivity contribution in [3.8, 4) is 0 Å². The van der Waals surface area contributed by atoms with Crippen molar-refractivity contribution in [2.45, 2.75) is 45.4 Å². The van der Waals surface area contributed by atoms with E-state index in [0.29, 0.717) is 25.0 Å². The molecule has 3 rings (SSSR count). The predicted octanol–water partition coefficient (Wildman–Crippen LogP) is 2.22. The van der Waals surface area contributed by atoms with Gasteiger partial charge in [0.2, 0.25) is 5.91 Å². The van der Waals surface area contributed by atoms with Gasteiger partial charge in [-0.3, -0.25) is 9.59 Å². The van der Waals surface area contributed by atoms with Crippen molar-refractivity contribution in [3.63, 3.8) is 0 Å². The second-order valence-electron chi connectivity index (χ2n) is 6.66. The third-order valence-electron chi connectivity index (χ3n) is 5.41. The van der Waals surface area contributed by atoms with Crippen LogP contribution in [0.1, 0.15) is 45.4 Å². The van der Waals surface area contributed by atoms with Gasteiger partial charge in [0.25, 0.3) is 0 Å². The summed E-state index contributed by atoms with van der Waals surface area (Å²) in [5.74, 6) is 1.74. The average Bonchev–Trinajstić information content (AvgIpc) is 3.09. The van der Waals surface area contributed by atoms with E-state index < -0.39 is 0 Å². The predicted molar refractivity (Wildman–Crippen MR) is 74.9 cm³/mol. The summed E-state index contributed by atoms with van der Waals surface area (Å²) in [7, 11) is 0. The number of fused-ring (bicyclic) bond motifs is 2. The number of hydrogen-bond donors (Lipinski definition) is 0. The molecule has 0 unspecified atom stereocenters. The molecule has 3 fully saturated rings. The Labute approximate surface area is 120 Å². The summed E-state index contributed by atoms with van der Waals surface area (Å²) in [6.07, 6.45) is 6.68. The molecule has 0 N–H and O–H groups in total. The lowest BCUT2D eigenvalue weighted by atomic mass is 9.86. The molecular formula is C16H25NO3. The van der Waals surface area contributed by atoms with E-state index in [2.05, 4.69) is 0 Å². The summed E-state index contributed by atoms with van der Waals surface area (Å²) in [5.41, 5.74) is 0. The van der Waals surface area contributed by atoms with E-state index >= 15 is 0 Å². The van der Waals surface area contributed by atoms with Crippen LogP contribution < -0.4 is 0 Å². The maximum absolute atomic E-state index is 12.7. The highest BCUT2D eigenvalue weighted by atomic mass is 16.5. The molecule has 4 heteroatoms. The molecule has 0 radical (unpaired) electrons. The van der Waals surface area contributed by atoms with Gasteiger partial charge in [0.05, 0.1) is 12.5 Å². The first-order valence-electron chi connectivity index (χ1n) is 8.14. The van der Waals surface area contributed by atoms with Crippen molar-refractivity contribution in [2.75, 3.05) is 19.7 Å². The zero-order valence-corrected chi connectivity index (χ0v) is 12.3.